The molecule has 2 aromatic rings. The van der Waals surface area contributed by atoms with Crippen molar-refractivity contribution in [2.75, 3.05) is 18.2 Å². The number of nitrogens with two attached hydrogens (primary N) is 1. The molecule has 0 aliphatic heterocycles. The molecule has 0 atom stereocenters. The standard InChI is InChI=1S/C14H16N2O/c1-17-14-9-12(15)7-8-13(14)16-10-11-5-3-2-4-6-11/h2-9,16H,10,15H2,1H3. The lowest BCUT2D eigenvalue weighted by Crippen LogP contribution is -2.01. The number of ether oxygens (including phenoxy) is 1. The third-order valence-corrected chi connectivity index (χ3v) is 2.55. The van der Waals surface area contributed by atoms with Gasteiger partial charge >= 0.3 is 0 Å². The Bertz CT molecular complexity index is 483. The monoisotopic (exact) mass is 228 g/mol. The molecule has 0 unspecified atom stereocenters. The molecule has 88 valence electrons. The predicted molar refractivity (Wildman–Crippen MR) is 71.2 cm³/mol. The van der Waals surface area contributed by atoms with Gasteiger partial charge in [0.15, 0.2) is 0 Å². The number of hydrogen-bond acceptors (Lipinski definition) is 3. The minimum atomic E-state index is 0.701. The molecule has 0 aromatic heterocycles. The van der Waals surface area contributed by atoms with E-state index < -0.39 is 0 Å². The van der Waals surface area contributed by atoms with E-state index in [1.54, 1.807) is 7.11 Å². The first-order valence-corrected chi connectivity index (χ1v) is 5.51. The Morgan fingerprint density at radius 2 is 1.88 bits per heavy atom. The van der Waals surface area contributed by atoms with Crippen LogP contribution in [0.1, 0.15) is 5.56 Å². The number of methoxy groups -OCH3 is 1. The topological polar surface area (TPSA) is 47.3 Å². The van der Waals surface area contributed by atoms with Gasteiger partial charge in [-0.2, -0.15) is 0 Å². The summed E-state index contributed by atoms with van der Waals surface area (Å²) < 4.78 is 5.27. The number of rotatable bonds is 4. The van der Waals surface area contributed by atoms with Gasteiger partial charge in [-0.1, -0.05) is 30.3 Å². The van der Waals surface area contributed by atoms with Crippen molar-refractivity contribution in [2.24, 2.45) is 0 Å². The highest BCUT2D eigenvalue weighted by atomic mass is 16.5. The first-order chi connectivity index (χ1) is 8.29. The molecule has 0 spiro atoms. The minimum absolute atomic E-state index is 0.701. The zero-order valence-corrected chi connectivity index (χ0v) is 9.81. The largest absolute Gasteiger partial charge is 0.495 e. The van der Waals surface area contributed by atoms with Gasteiger partial charge in [-0.05, 0) is 17.7 Å². The second-order valence-corrected chi connectivity index (χ2v) is 3.80. The zero-order valence-electron chi connectivity index (χ0n) is 9.81. The third kappa shape index (κ3) is 2.91. The van der Waals surface area contributed by atoms with Crippen LogP contribution in [0.25, 0.3) is 0 Å². The average molecular weight is 228 g/mol. The molecule has 0 saturated heterocycles. The molecule has 0 saturated carbocycles. The molecule has 2 aromatic carbocycles. The number of benzene rings is 2. The summed E-state index contributed by atoms with van der Waals surface area (Å²) in [5, 5.41) is 3.33. The van der Waals surface area contributed by atoms with Gasteiger partial charge in [0.2, 0.25) is 0 Å². The quantitative estimate of drug-likeness (QED) is 0.791. The van der Waals surface area contributed by atoms with Gasteiger partial charge in [-0.3, -0.25) is 0 Å². The second kappa shape index (κ2) is 5.25. The van der Waals surface area contributed by atoms with E-state index >= 15 is 0 Å². The Labute approximate surface area is 101 Å². The number of nitrogen functional groups attached to an aromatic ring is 1. The predicted octanol–water partition coefficient (Wildman–Crippen LogP) is 2.89. The maximum absolute atomic E-state index is 5.70. The molecule has 17 heavy (non-hydrogen) atoms. The molecule has 0 aliphatic rings. The smallest absolute Gasteiger partial charge is 0.144 e. The molecule has 3 heteroatoms. The molecule has 0 radical (unpaired) electrons. The van der Waals surface area contributed by atoms with Gasteiger partial charge < -0.3 is 15.8 Å². The fourth-order valence-corrected chi connectivity index (χ4v) is 1.65. The van der Waals surface area contributed by atoms with Crippen molar-refractivity contribution in [1.29, 1.82) is 0 Å². The van der Waals surface area contributed by atoms with Crippen LogP contribution in [0, 0.1) is 0 Å². The van der Waals surface area contributed by atoms with Crippen molar-refractivity contribution in [2.45, 2.75) is 6.54 Å². The average Bonchev–Trinajstić information content (AvgIpc) is 2.38. The van der Waals surface area contributed by atoms with Crippen molar-refractivity contribution >= 4 is 11.4 Å². The number of anilines is 2. The first kappa shape index (κ1) is 11.3. The van der Waals surface area contributed by atoms with E-state index in [1.165, 1.54) is 5.56 Å². The Hall–Kier alpha value is -2.16. The Balaban J connectivity index is 2.09. The number of nitrogens with one attached hydrogen (secondary N) is 1. The van der Waals surface area contributed by atoms with Gasteiger partial charge in [-0.15, -0.1) is 0 Å². The fraction of sp³-hybridized carbons (Fsp3) is 0.143. The Kier molecular flexibility index (Phi) is 3.50. The van der Waals surface area contributed by atoms with Crippen LogP contribution in [-0.2, 0) is 6.54 Å². The van der Waals surface area contributed by atoms with Crippen molar-refractivity contribution < 1.29 is 4.74 Å². The van der Waals surface area contributed by atoms with Crippen LogP contribution in [-0.4, -0.2) is 7.11 Å². The van der Waals surface area contributed by atoms with Gasteiger partial charge in [0.1, 0.15) is 5.75 Å². The highest BCUT2D eigenvalue weighted by Gasteiger charge is 2.02. The van der Waals surface area contributed by atoms with Gasteiger partial charge in [-0.25, -0.2) is 0 Å². The van der Waals surface area contributed by atoms with E-state index in [9.17, 15) is 0 Å². The SMILES string of the molecule is COc1cc(N)ccc1NCc1ccccc1. The van der Waals surface area contributed by atoms with Crippen molar-refractivity contribution in [3.8, 4) is 5.75 Å². The highest BCUT2D eigenvalue weighted by Crippen LogP contribution is 2.26. The molecule has 0 amide bonds. The second-order valence-electron chi connectivity index (χ2n) is 3.80. The lowest BCUT2D eigenvalue weighted by atomic mass is 10.2. The molecule has 0 heterocycles. The molecular weight excluding hydrogens is 212 g/mol. The van der Waals surface area contributed by atoms with Crippen LogP contribution >= 0.6 is 0 Å². The van der Waals surface area contributed by atoms with Crippen LogP contribution in [0.5, 0.6) is 5.75 Å². The van der Waals surface area contributed by atoms with Gasteiger partial charge in [0, 0.05) is 18.3 Å². The maximum Gasteiger partial charge on any atom is 0.144 e. The van der Waals surface area contributed by atoms with Crippen molar-refractivity contribution in [3.05, 3.63) is 54.1 Å². The summed E-state index contributed by atoms with van der Waals surface area (Å²) in [4.78, 5) is 0. The Morgan fingerprint density at radius 1 is 1.12 bits per heavy atom. The molecule has 3 nitrogen and oxygen atoms in total. The summed E-state index contributed by atoms with van der Waals surface area (Å²) in [5.74, 6) is 0.765. The van der Waals surface area contributed by atoms with E-state index in [1.807, 2.05) is 36.4 Å². The highest BCUT2D eigenvalue weighted by molar-refractivity contribution is 5.62. The van der Waals surface area contributed by atoms with E-state index in [0.29, 0.717) is 5.69 Å². The van der Waals surface area contributed by atoms with E-state index in [4.69, 9.17) is 10.5 Å². The van der Waals surface area contributed by atoms with E-state index in [-0.39, 0.29) is 0 Å². The van der Waals surface area contributed by atoms with Crippen LogP contribution < -0.4 is 15.8 Å². The molecule has 0 bridgehead atoms. The normalized spacial score (nSPS) is 9.94. The molecule has 0 aliphatic carbocycles. The summed E-state index contributed by atoms with van der Waals surface area (Å²) in [6.45, 7) is 0.765. The van der Waals surface area contributed by atoms with Crippen LogP contribution in [0.15, 0.2) is 48.5 Å². The van der Waals surface area contributed by atoms with Gasteiger partial charge in [0.05, 0.1) is 12.8 Å². The summed E-state index contributed by atoms with van der Waals surface area (Å²) in [5.41, 5.74) is 8.58. The molecular formula is C14H16N2O. The van der Waals surface area contributed by atoms with E-state index in [2.05, 4.69) is 17.4 Å². The summed E-state index contributed by atoms with van der Waals surface area (Å²) in [6.07, 6.45) is 0. The summed E-state index contributed by atoms with van der Waals surface area (Å²) >= 11 is 0. The summed E-state index contributed by atoms with van der Waals surface area (Å²) in [6, 6.07) is 15.8. The molecule has 2 rings (SSSR count). The lowest BCUT2D eigenvalue weighted by Gasteiger charge is -2.11. The number of hydrogen-bond donors (Lipinski definition) is 2. The third-order valence-electron chi connectivity index (χ3n) is 2.55. The first-order valence-electron chi connectivity index (χ1n) is 5.51. The fourth-order valence-electron chi connectivity index (χ4n) is 1.65. The minimum Gasteiger partial charge on any atom is -0.495 e. The van der Waals surface area contributed by atoms with Crippen LogP contribution in [0.3, 0.4) is 0 Å². The molecule has 0 fully saturated rings. The van der Waals surface area contributed by atoms with Crippen LogP contribution in [0.2, 0.25) is 0 Å². The molecule has 3 N–H and O–H groups in total. The summed E-state index contributed by atoms with van der Waals surface area (Å²) in [7, 11) is 1.64. The van der Waals surface area contributed by atoms with Crippen molar-refractivity contribution in [1.82, 2.24) is 0 Å². The van der Waals surface area contributed by atoms with E-state index in [0.717, 1.165) is 18.0 Å². The van der Waals surface area contributed by atoms with Gasteiger partial charge in [0.25, 0.3) is 0 Å². The lowest BCUT2D eigenvalue weighted by molar-refractivity contribution is 0.416. The maximum atomic E-state index is 5.70. The zero-order chi connectivity index (χ0) is 12.1. The Morgan fingerprint density at radius 3 is 2.59 bits per heavy atom. The van der Waals surface area contributed by atoms with Crippen LogP contribution in [0.4, 0.5) is 11.4 Å². The van der Waals surface area contributed by atoms with Crippen molar-refractivity contribution in [3.63, 3.8) is 0 Å².